The molecule has 0 unspecified atom stereocenters. The number of carbonyl (C=O) groups is 1. The van der Waals surface area contributed by atoms with E-state index >= 15 is 0 Å². The number of rotatable bonds is 17. The first-order valence-electron chi connectivity index (χ1n) is 15.6. The van der Waals surface area contributed by atoms with Crippen LogP contribution in [-0.4, -0.2) is 74.3 Å². The van der Waals surface area contributed by atoms with Crippen molar-refractivity contribution in [1.29, 1.82) is 0 Å². The van der Waals surface area contributed by atoms with Crippen molar-refractivity contribution in [1.82, 2.24) is 19.9 Å². The van der Waals surface area contributed by atoms with E-state index in [1.807, 2.05) is 30.5 Å². The number of aromatic nitrogens is 1. The number of hydrogen-bond donors (Lipinski definition) is 5. The molecule has 0 radical (unpaired) electrons. The number of urea groups is 1. The second-order valence-electron chi connectivity index (χ2n) is 11.4. The van der Waals surface area contributed by atoms with Crippen LogP contribution in [0.4, 0.5) is 10.5 Å². The standard InChI is InChI=1S/C32H47N5O5S/c1-2-3-4-5-6-7-17-35-32(39)36-27-8-11-30(12-9-27)43(40,41)37-19-15-25(16-20-37)22-33-23-28(38)24-42-29-10-13-31-26(21-29)14-18-34-31/h8-14,18,21,25,28,33-34,38H,2-7,15-17,19-20,22-24H2,1H3,(H2,35,36,39)/t28-/m0/s1. The zero-order valence-corrected chi connectivity index (χ0v) is 26.0. The minimum Gasteiger partial charge on any atom is -0.491 e. The second kappa shape index (κ2) is 16.7. The molecule has 10 nitrogen and oxygen atoms in total. The van der Waals surface area contributed by atoms with E-state index in [0.717, 1.165) is 42.3 Å². The summed E-state index contributed by atoms with van der Waals surface area (Å²) in [6, 6.07) is 13.8. The third-order valence-corrected chi connectivity index (χ3v) is 9.83. The molecule has 1 atom stereocenters. The molecule has 5 N–H and O–H groups in total. The highest BCUT2D eigenvalue weighted by molar-refractivity contribution is 7.89. The number of sulfonamides is 1. The van der Waals surface area contributed by atoms with Crippen LogP contribution in [-0.2, 0) is 10.0 Å². The van der Waals surface area contributed by atoms with Crippen molar-refractivity contribution in [2.24, 2.45) is 5.92 Å². The van der Waals surface area contributed by atoms with Gasteiger partial charge in [0.1, 0.15) is 18.5 Å². The first-order chi connectivity index (χ1) is 20.8. The molecule has 2 aromatic carbocycles. The van der Waals surface area contributed by atoms with E-state index in [2.05, 4.69) is 27.9 Å². The summed E-state index contributed by atoms with van der Waals surface area (Å²) in [5.41, 5.74) is 1.59. The summed E-state index contributed by atoms with van der Waals surface area (Å²) in [4.78, 5) is 15.5. The summed E-state index contributed by atoms with van der Waals surface area (Å²) in [5, 5.41) is 20.3. The molecule has 4 rings (SSSR count). The van der Waals surface area contributed by atoms with Crippen LogP contribution in [0.5, 0.6) is 5.75 Å². The first-order valence-corrected chi connectivity index (χ1v) is 17.0. The van der Waals surface area contributed by atoms with Gasteiger partial charge in [-0.3, -0.25) is 0 Å². The van der Waals surface area contributed by atoms with Crippen LogP contribution < -0.4 is 20.7 Å². The quantitative estimate of drug-likeness (QED) is 0.135. The van der Waals surface area contributed by atoms with Gasteiger partial charge in [-0.1, -0.05) is 39.0 Å². The van der Waals surface area contributed by atoms with Gasteiger partial charge in [0, 0.05) is 49.0 Å². The lowest BCUT2D eigenvalue weighted by Crippen LogP contribution is -2.42. The van der Waals surface area contributed by atoms with E-state index in [1.165, 1.54) is 30.0 Å². The second-order valence-corrected chi connectivity index (χ2v) is 13.3. The van der Waals surface area contributed by atoms with Crippen LogP contribution in [0.3, 0.4) is 0 Å². The van der Waals surface area contributed by atoms with Gasteiger partial charge in [-0.15, -0.1) is 0 Å². The van der Waals surface area contributed by atoms with E-state index in [4.69, 9.17) is 4.74 Å². The van der Waals surface area contributed by atoms with Crippen molar-refractivity contribution in [2.75, 3.05) is 44.6 Å². The summed E-state index contributed by atoms with van der Waals surface area (Å²) in [6.45, 7) is 5.02. The third kappa shape index (κ3) is 10.2. The number of unbranched alkanes of at least 4 members (excludes halogenated alkanes) is 5. The molecule has 3 aromatic rings. The smallest absolute Gasteiger partial charge is 0.319 e. The Kier molecular flexibility index (Phi) is 12.7. The number of piperidine rings is 1. The lowest BCUT2D eigenvalue weighted by Gasteiger charge is -2.31. The summed E-state index contributed by atoms with van der Waals surface area (Å²) in [6.07, 6.45) is 9.67. The van der Waals surface area contributed by atoms with Crippen LogP contribution >= 0.6 is 0 Å². The Morgan fingerprint density at radius 3 is 2.56 bits per heavy atom. The molecular weight excluding hydrogens is 566 g/mol. The first kappa shape index (κ1) is 32.8. The van der Waals surface area contributed by atoms with E-state index in [0.29, 0.717) is 44.3 Å². The fraction of sp³-hybridized carbons (Fsp3) is 0.531. The van der Waals surface area contributed by atoms with Gasteiger partial charge in [-0.25, -0.2) is 13.2 Å². The molecule has 236 valence electrons. The predicted octanol–water partition coefficient (Wildman–Crippen LogP) is 5.08. The number of aliphatic hydroxyl groups excluding tert-OH is 1. The van der Waals surface area contributed by atoms with E-state index in [9.17, 15) is 18.3 Å². The number of benzene rings is 2. The van der Waals surface area contributed by atoms with Gasteiger partial charge < -0.3 is 30.8 Å². The molecule has 0 spiro atoms. The van der Waals surface area contributed by atoms with Crippen molar-refractivity contribution in [2.45, 2.75) is 69.3 Å². The number of carbonyl (C=O) groups excluding carboxylic acids is 1. The van der Waals surface area contributed by atoms with Crippen LogP contribution in [0, 0.1) is 5.92 Å². The zero-order chi connectivity index (χ0) is 30.5. The Balaban J connectivity index is 1.11. The third-order valence-electron chi connectivity index (χ3n) is 7.92. The van der Waals surface area contributed by atoms with Gasteiger partial charge >= 0.3 is 6.03 Å². The number of hydrogen-bond acceptors (Lipinski definition) is 6. The molecular formula is C32H47N5O5S. The van der Waals surface area contributed by atoms with Gasteiger partial charge in [-0.2, -0.15) is 4.31 Å². The van der Waals surface area contributed by atoms with Crippen molar-refractivity contribution in [3.63, 3.8) is 0 Å². The number of aliphatic hydroxyl groups is 1. The summed E-state index contributed by atoms with van der Waals surface area (Å²) in [7, 11) is -3.61. The zero-order valence-electron chi connectivity index (χ0n) is 25.2. The number of H-pyrrole nitrogens is 1. The van der Waals surface area contributed by atoms with Gasteiger partial charge in [0.2, 0.25) is 10.0 Å². The lowest BCUT2D eigenvalue weighted by molar-refractivity contribution is 0.104. The Hall–Kier alpha value is -3.12. The predicted molar refractivity (Wildman–Crippen MR) is 171 cm³/mol. The monoisotopic (exact) mass is 613 g/mol. The molecule has 43 heavy (non-hydrogen) atoms. The largest absolute Gasteiger partial charge is 0.491 e. The van der Waals surface area contributed by atoms with Crippen LogP contribution in [0.1, 0.15) is 58.3 Å². The number of ether oxygens (including phenoxy) is 1. The molecule has 1 aliphatic rings. The molecule has 2 heterocycles. The molecule has 1 aliphatic heterocycles. The van der Waals surface area contributed by atoms with Crippen molar-refractivity contribution >= 4 is 32.6 Å². The average Bonchev–Trinajstić information content (AvgIpc) is 3.48. The molecule has 1 saturated heterocycles. The summed E-state index contributed by atoms with van der Waals surface area (Å²) >= 11 is 0. The minimum absolute atomic E-state index is 0.192. The summed E-state index contributed by atoms with van der Waals surface area (Å²) < 4.78 is 33.7. The Bertz CT molecular complexity index is 1370. The maximum atomic E-state index is 13.2. The average molecular weight is 614 g/mol. The fourth-order valence-electron chi connectivity index (χ4n) is 5.32. The number of nitrogens with zero attached hydrogens (tertiary/aromatic N) is 1. The van der Waals surface area contributed by atoms with E-state index in [-0.39, 0.29) is 17.5 Å². The fourth-order valence-corrected chi connectivity index (χ4v) is 6.79. The van der Waals surface area contributed by atoms with Crippen LogP contribution in [0.25, 0.3) is 10.9 Å². The van der Waals surface area contributed by atoms with Gasteiger partial charge in [-0.05, 0) is 80.3 Å². The molecule has 0 bridgehead atoms. The Labute approximate surface area is 255 Å². The highest BCUT2D eigenvalue weighted by Gasteiger charge is 2.29. The maximum Gasteiger partial charge on any atom is 0.319 e. The highest BCUT2D eigenvalue weighted by Crippen LogP contribution is 2.25. The van der Waals surface area contributed by atoms with Gasteiger partial charge in [0.05, 0.1) is 4.90 Å². The SMILES string of the molecule is CCCCCCCCNC(=O)Nc1ccc(S(=O)(=O)N2CCC(CNC[C@H](O)COc3ccc4[nH]ccc4c3)CC2)cc1. The summed E-state index contributed by atoms with van der Waals surface area (Å²) in [5.74, 6) is 1.05. The molecule has 0 aliphatic carbocycles. The molecule has 2 amide bonds. The number of amides is 2. The van der Waals surface area contributed by atoms with E-state index in [1.54, 1.807) is 24.3 Å². The van der Waals surface area contributed by atoms with Crippen molar-refractivity contribution in [3.05, 3.63) is 54.7 Å². The number of aromatic amines is 1. The number of nitrogens with one attached hydrogen (secondary N) is 4. The normalized spacial score (nSPS) is 15.4. The van der Waals surface area contributed by atoms with E-state index < -0.39 is 16.1 Å². The Morgan fingerprint density at radius 2 is 1.79 bits per heavy atom. The highest BCUT2D eigenvalue weighted by atomic mass is 32.2. The van der Waals surface area contributed by atoms with Crippen LogP contribution in [0.15, 0.2) is 59.6 Å². The number of fused-ring (bicyclic) bond motifs is 1. The number of anilines is 1. The van der Waals surface area contributed by atoms with Crippen molar-refractivity contribution < 1.29 is 23.1 Å². The minimum atomic E-state index is -3.61. The van der Waals surface area contributed by atoms with Crippen LogP contribution in [0.2, 0.25) is 0 Å². The Morgan fingerprint density at radius 1 is 1.05 bits per heavy atom. The molecule has 1 aromatic heterocycles. The van der Waals surface area contributed by atoms with Gasteiger partial charge in [0.15, 0.2) is 0 Å². The lowest BCUT2D eigenvalue weighted by atomic mass is 9.98. The maximum absolute atomic E-state index is 13.2. The topological polar surface area (TPSA) is 136 Å². The van der Waals surface area contributed by atoms with Crippen molar-refractivity contribution in [3.8, 4) is 5.75 Å². The molecule has 11 heteroatoms. The van der Waals surface area contributed by atoms with Gasteiger partial charge in [0.25, 0.3) is 0 Å². The molecule has 0 saturated carbocycles. The molecule has 1 fully saturated rings.